The Morgan fingerprint density at radius 3 is 2.07 bits per heavy atom. The molecular formula is C13H21N. The van der Waals surface area contributed by atoms with Gasteiger partial charge in [-0.25, -0.2) is 0 Å². The maximum absolute atomic E-state index is 8.25. The summed E-state index contributed by atoms with van der Waals surface area (Å²) in [4.78, 5) is 0. The Morgan fingerprint density at radius 2 is 1.50 bits per heavy atom. The van der Waals surface area contributed by atoms with E-state index in [0.717, 1.165) is 6.42 Å². The van der Waals surface area contributed by atoms with E-state index in [2.05, 4.69) is 19.1 Å². The van der Waals surface area contributed by atoms with Crippen LogP contribution < -0.4 is 0 Å². The maximum atomic E-state index is 8.25. The Morgan fingerprint density at radius 1 is 0.929 bits per heavy atom. The molecule has 0 atom stereocenters. The molecule has 0 aliphatic carbocycles. The normalized spacial score (nSPS) is 11.1. The minimum absolute atomic E-state index is 1.06. The molecule has 0 N–H and O–H groups in total. The summed E-state index contributed by atoms with van der Waals surface area (Å²) in [6, 6.07) is 2.00. The van der Waals surface area contributed by atoms with Gasteiger partial charge in [-0.1, -0.05) is 37.5 Å². The van der Waals surface area contributed by atoms with Crippen LogP contribution in [0.25, 0.3) is 0 Å². The smallest absolute Gasteiger partial charge is 0.0908 e. The van der Waals surface area contributed by atoms with Gasteiger partial charge in [0.25, 0.3) is 0 Å². The van der Waals surface area contributed by atoms with E-state index < -0.39 is 0 Å². The molecule has 1 nitrogen and oxygen atoms in total. The second kappa shape index (κ2) is 12.0. The highest BCUT2D eigenvalue weighted by atomic mass is 14.2. The molecular weight excluding hydrogens is 170 g/mol. The SMILES string of the molecule is C/C=C/CCCCCCC/C=C/C#N. The highest BCUT2D eigenvalue weighted by Gasteiger charge is 1.88. The topological polar surface area (TPSA) is 23.8 Å². The van der Waals surface area contributed by atoms with Crippen LogP contribution in [0.15, 0.2) is 24.3 Å². The van der Waals surface area contributed by atoms with Crippen molar-refractivity contribution >= 4 is 0 Å². The van der Waals surface area contributed by atoms with Gasteiger partial charge < -0.3 is 0 Å². The molecule has 78 valence electrons. The number of rotatable bonds is 8. The molecule has 0 heterocycles. The third-order valence-corrected chi connectivity index (χ3v) is 2.17. The summed E-state index contributed by atoms with van der Waals surface area (Å²) in [6.07, 6.45) is 16.7. The average Bonchev–Trinajstić information content (AvgIpc) is 2.21. The molecule has 0 aromatic rings. The van der Waals surface area contributed by atoms with Crippen LogP contribution in [0.5, 0.6) is 0 Å². The molecule has 0 spiro atoms. The Hall–Kier alpha value is -1.03. The van der Waals surface area contributed by atoms with Crippen LogP contribution in [-0.2, 0) is 0 Å². The van der Waals surface area contributed by atoms with Gasteiger partial charge in [0, 0.05) is 6.08 Å². The molecule has 1 heteroatoms. The van der Waals surface area contributed by atoms with Crippen molar-refractivity contribution in [2.75, 3.05) is 0 Å². The molecule has 0 radical (unpaired) electrons. The van der Waals surface area contributed by atoms with Gasteiger partial charge >= 0.3 is 0 Å². The lowest BCUT2D eigenvalue weighted by Crippen LogP contribution is -1.77. The van der Waals surface area contributed by atoms with Crippen LogP contribution in [0.4, 0.5) is 0 Å². The van der Waals surface area contributed by atoms with E-state index in [0.29, 0.717) is 0 Å². The van der Waals surface area contributed by atoms with E-state index in [1.807, 2.05) is 12.1 Å². The Balaban J connectivity index is 3.00. The van der Waals surface area contributed by atoms with Gasteiger partial charge in [-0.2, -0.15) is 5.26 Å². The maximum Gasteiger partial charge on any atom is 0.0908 e. The lowest BCUT2D eigenvalue weighted by atomic mass is 10.1. The Kier molecular flexibility index (Phi) is 11.1. The van der Waals surface area contributed by atoms with Crippen LogP contribution in [0.2, 0.25) is 0 Å². The average molecular weight is 191 g/mol. The quantitative estimate of drug-likeness (QED) is 0.317. The number of unbranched alkanes of at least 4 members (excludes halogenated alkanes) is 6. The van der Waals surface area contributed by atoms with Gasteiger partial charge in [0.05, 0.1) is 6.07 Å². The van der Waals surface area contributed by atoms with Gasteiger partial charge in [-0.05, 0) is 32.6 Å². The largest absolute Gasteiger partial charge is 0.193 e. The van der Waals surface area contributed by atoms with E-state index in [4.69, 9.17) is 5.26 Å². The van der Waals surface area contributed by atoms with Crippen molar-refractivity contribution < 1.29 is 0 Å². The number of nitriles is 1. The molecule has 0 fully saturated rings. The molecule has 0 aromatic carbocycles. The number of hydrogen-bond donors (Lipinski definition) is 0. The van der Waals surface area contributed by atoms with E-state index in [1.54, 1.807) is 6.08 Å². The molecule has 0 saturated heterocycles. The number of allylic oxidation sites excluding steroid dienone is 4. The fourth-order valence-corrected chi connectivity index (χ4v) is 1.36. The van der Waals surface area contributed by atoms with Gasteiger partial charge in [0.2, 0.25) is 0 Å². The highest BCUT2D eigenvalue weighted by Crippen LogP contribution is 2.07. The zero-order valence-electron chi connectivity index (χ0n) is 9.21. The summed E-state index contributed by atoms with van der Waals surface area (Å²) in [5.74, 6) is 0. The van der Waals surface area contributed by atoms with E-state index >= 15 is 0 Å². The molecule has 0 aliphatic rings. The van der Waals surface area contributed by atoms with Crippen LogP contribution in [-0.4, -0.2) is 0 Å². The molecule has 0 unspecified atom stereocenters. The fourth-order valence-electron chi connectivity index (χ4n) is 1.36. The number of hydrogen-bond acceptors (Lipinski definition) is 1. The monoisotopic (exact) mass is 191 g/mol. The molecule has 0 aliphatic heterocycles. The first-order valence-electron chi connectivity index (χ1n) is 5.57. The zero-order chi connectivity index (χ0) is 10.5. The van der Waals surface area contributed by atoms with Crippen molar-refractivity contribution in [3.63, 3.8) is 0 Å². The minimum atomic E-state index is 1.06. The van der Waals surface area contributed by atoms with Crippen LogP contribution in [0.3, 0.4) is 0 Å². The molecule has 0 saturated carbocycles. The third-order valence-electron chi connectivity index (χ3n) is 2.17. The van der Waals surface area contributed by atoms with Crippen LogP contribution in [0.1, 0.15) is 51.9 Å². The lowest BCUT2D eigenvalue weighted by molar-refractivity contribution is 0.622. The first-order valence-corrected chi connectivity index (χ1v) is 5.57. The summed E-state index contributed by atoms with van der Waals surface area (Å²) in [7, 11) is 0. The standard InChI is InChI=1S/C13H21N/c1-2-3-4-5-6-7-8-9-10-11-12-13-14/h2-3,11-12H,4-10H2,1H3/b3-2+,12-11+. The predicted molar refractivity (Wildman–Crippen MR) is 61.9 cm³/mol. The molecule has 0 amide bonds. The zero-order valence-corrected chi connectivity index (χ0v) is 9.21. The van der Waals surface area contributed by atoms with Gasteiger partial charge in [0.15, 0.2) is 0 Å². The van der Waals surface area contributed by atoms with Crippen molar-refractivity contribution in [2.24, 2.45) is 0 Å². The second-order valence-electron chi connectivity index (χ2n) is 3.45. The molecule has 0 rings (SSSR count). The van der Waals surface area contributed by atoms with Gasteiger partial charge in [-0.15, -0.1) is 0 Å². The molecule has 14 heavy (non-hydrogen) atoms. The summed E-state index contributed by atoms with van der Waals surface area (Å²) in [6.45, 7) is 2.07. The summed E-state index contributed by atoms with van der Waals surface area (Å²) >= 11 is 0. The van der Waals surface area contributed by atoms with E-state index in [1.165, 1.54) is 38.5 Å². The van der Waals surface area contributed by atoms with Gasteiger partial charge in [0.1, 0.15) is 0 Å². The van der Waals surface area contributed by atoms with Crippen LogP contribution in [0, 0.1) is 11.3 Å². The van der Waals surface area contributed by atoms with Crippen molar-refractivity contribution in [1.29, 1.82) is 5.26 Å². The van der Waals surface area contributed by atoms with Crippen molar-refractivity contribution in [3.05, 3.63) is 24.3 Å². The molecule has 0 aromatic heterocycles. The van der Waals surface area contributed by atoms with Crippen molar-refractivity contribution in [3.8, 4) is 6.07 Å². The second-order valence-corrected chi connectivity index (χ2v) is 3.45. The van der Waals surface area contributed by atoms with E-state index in [-0.39, 0.29) is 0 Å². The number of nitrogens with zero attached hydrogens (tertiary/aromatic N) is 1. The summed E-state index contributed by atoms with van der Waals surface area (Å²) in [5.41, 5.74) is 0. The highest BCUT2D eigenvalue weighted by molar-refractivity contribution is 5.01. The Bertz CT molecular complexity index is 196. The van der Waals surface area contributed by atoms with E-state index in [9.17, 15) is 0 Å². The summed E-state index contributed by atoms with van der Waals surface area (Å²) < 4.78 is 0. The first-order chi connectivity index (χ1) is 6.91. The summed E-state index contributed by atoms with van der Waals surface area (Å²) in [5, 5.41) is 8.25. The minimum Gasteiger partial charge on any atom is -0.193 e. The lowest BCUT2D eigenvalue weighted by Gasteiger charge is -1.97. The van der Waals surface area contributed by atoms with Crippen molar-refractivity contribution in [1.82, 2.24) is 0 Å². The molecule has 0 bridgehead atoms. The fraction of sp³-hybridized carbons (Fsp3) is 0.615. The predicted octanol–water partition coefficient (Wildman–Crippen LogP) is 4.37. The third kappa shape index (κ3) is 11.0. The first kappa shape index (κ1) is 13.0. The van der Waals surface area contributed by atoms with Crippen LogP contribution >= 0.6 is 0 Å². The van der Waals surface area contributed by atoms with Crippen molar-refractivity contribution in [2.45, 2.75) is 51.9 Å². The van der Waals surface area contributed by atoms with Gasteiger partial charge in [-0.3, -0.25) is 0 Å². The Labute approximate surface area is 88.1 Å².